The lowest BCUT2D eigenvalue weighted by atomic mass is 9.57. The van der Waals surface area contributed by atoms with E-state index in [1.54, 1.807) is 13.2 Å². The molecular formula is C27H31F3N2O3. The van der Waals surface area contributed by atoms with Crippen LogP contribution in [-0.2, 0) is 21.1 Å². The minimum Gasteiger partial charge on any atom is -0.508 e. The first-order valence-corrected chi connectivity index (χ1v) is 11.8. The van der Waals surface area contributed by atoms with Gasteiger partial charge in [0.15, 0.2) is 0 Å². The number of halogens is 3. The van der Waals surface area contributed by atoms with Crippen molar-refractivity contribution in [3.63, 3.8) is 0 Å². The minimum atomic E-state index is -4.44. The molecule has 4 atom stereocenters. The second kappa shape index (κ2) is 10.0. The van der Waals surface area contributed by atoms with Crippen LogP contribution in [0.5, 0.6) is 5.75 Å². The number of methoxy groups -OCH3 is 1. The molecule has 188 valence electrons. The normalized spacial score (nSPS) is 27.5. The molecule has 1 amide bonds. The lowest BCUT2D eigenvalue weighted by molar-refractivity contribution is -0.137. The molecular weight excluding hydrogens is 457 g/mol. The van der Waals surface area contributed by atoms with Gasteiger partial charge in [-0.3, -0.25) is 4.79 Å². The fraction of sp³-hybridized carbons (Fsp3) is 0.444. The number of benzene rings is 2. The van der Waals surface area contributed by atoms with Crippen molar-refractivity contribution in [2.45, 2.75) is 43.0 Å². The van der Waals surface area contributed by atoms with E-state index in [2.05, 4.69) is 17.3 Å². The van der Waals surface area contributed by atoms with Gasteiger partial charge in [0.05, 0.1) is 11.7 Å². The highest BCUT2D eigenvalue weighted by Crippen LogP contribution is 2.50. The SMILES string of the molecule is COC1CC(NC(=O)C=Cc2cccc(C(F)(F)F)c2)CC2(c3cccc(O)c3)CCN(C)CC12. The number of nitrogens with zero attached hydrogens (tertiary/aromatic N) is 1. The molecule has 2 aromatic rings. The Kier molecular flexibility index (Phi) is 7.24. The van der Waals surface area contributed by atoms with E-state index in [1.807, 2.05) is 18.2 Å². The quantitative estimate of drug-likeness (QED) is 0.604. The van der Waals surface area contributed by atoms with Gasteiger partial charge in [0, 0.05) is 37.1 Å². The largest absolute Gasteiger partial charge is 0.508 e. The average Bonchev–Trinajstić information content (AvgIpc) is 2.82. The van der Waals surface area contributed by atoms with Gasteiger partial charge in [0.25, 0.3) is 0 Å². The molecule has 2 fully saturated rings. The lowest BCUT2D eigenvalue weighted by Crippen LogP contribution is -2.60. The van der Waals surface area contributed by atoms with Crippen molar-refractivity contribution in [1.29, 1.82) is 0 Å². The van der Waals surface area contributed by atoms with E-state index < -0.39 is 11.7 Å². The summed E-state index contributed by atoms with van der Waals surface area (Å²) in [5, 5.41) is 13.2. The number of alkyl halides is 3. The minimum absolute atomic E-state index is 0.0911. The molecule has 2 aliphatic rings. The van der Waals surface area contributed by atoms with Crippen molar-refractivity contribution in [2.24, 2.45) is 5.92 Å². The molecule has 1 saturated carbocycles. The molecule has 0 radical (unpaired) electrons. The molecule has 1 heterocycles. The van der Waals surface area contributed by atoms with Crippen LogP contribution in [0.15, 0.2) is 54.6 Å². The van der Waals surface area contributed by atoms with Crippen LogP contribution in [0.1, 0.15) is 36.0 Å². The van der Waals surface area contributed by atoms with Gasteiger partial charge in [0.1, 0.15) is 5.75 Å². The summed E-state index contributed by atoms with van der Waals surface area (Å²) in [6.07, 6.45) is 0.338. The number of fused-ring (bicyclic) bond motifs is 1. The van der Waals surface area contributed by atoms with E-state index >= 15 is 0 Å². The summed E-state index contributed by atoms with van der Waals surface area (Å²) in [5.74, 6) is 0.0419. The number of amides is 1. The van der Waals surface area contributed by atoms with E-state index in [4.69, 9.17) is 4.74 Å². The molecule has 4 rings (SSSR count). The number of likely N-dealkylation sites (tertiary alicyclic amines) is 1. The molecule has 0 bridgehead atoms. The fourth-order valence-electron chi connectivity index (χ4n) is 5.77. The Hall–Kier alpha value is -2.84. The number of phenols is 1. The van der Waals surface area contributed by atoms with Crippen LogP contribution in [0.25, 0.3) is 6.08 Å². The standard InChI is InChI=1S/C27H31F3N2O3/c1-32-12-11-26(19-6-4-8-22(33)14-19)16-21(15-24(35-2)23(26)17-32)31-25(34)10-9-18-5-3-7-20(13-18)27(28,29)30/h3-10,13-14,21,23-24,33H,11-12,15-17H2,1-2H3,(H,31,34). The predicted octanol–water partition coefficient (Wildman–Crippen LogP) is 4.61. The van der Waals surface area contributed by atoms with Gasteiger partial charge in [-0.25, -0.2) is 0 Å². The van der Waals surface area contributed by atoms with Gasteiger partial charge in [-0.2, -0.15) is 13.2 Å². The van der Waals surface area contributed by atoms with E-state index in [0.29, 0.717) is 18.4 Å². The van der Waals surface area contributed by atoms with Crippen molar-refractivity contribution in [2.75, 3.05) is 27.2 Å². The van der Waals surface area contributed by atoms with Gasteiger partial charge in [-0.05, 0) is 74.3 Å². The van der Waals surface area contributed by atoms with Crippen LogP contribution in [0, 0.1) is 5.92 Å². The van der Waals surface area contributed by atoms with E-state index in [0.717, 1.165) is 37.2 Å². The molecule has 1 saturated heterocycles. The number of phenolic OH excluding ortho intramolecular Hbond substituents is 1. The number of nitrogens with one attached hydrogen (secondary N) is 1. The third-order valence-corrected chi connectivity index (χ3v) is 7.45. The van der Waals surface area contributed by atoms with Gasteiger partial charge in [0.2, 0.25) is 5.91 Å². The van der Waals surface area contributed by atoms with Crippen LogP contribution in [0.3, 0.4) is 0 Å². The molecule has 0 spiro atoms. The summed E-state index contributed by atoms with van der Waals surface area (Å²) < 4.78 is 44.8. The summed E-state index contributed by atoms with van der Waals surface area (Å²) >= 11 is 0. The first-order chi connectivity index (χ1) is 16.6. The monoisotopic (exact) mass is 488 g/mol. The smallest absolute Gasteiger partial charge is 0.416 e. The Labute approximate surface area is 203 Å². The predicted molar refractivity (Wildman–Crippen MR) is 128 cm³/mol. The fourth-order valence-corrected chi connectivity index (χ4v) is 5.77. The molecule has 8 heteroatoms. The van der Waals surface area contributed by atoms with E-state index in [9.17, 15) is 23.1 Å². The molecule has 2 N–H and O–H groups in total. The molecule has 2 aromatic carbocycles. The number of carbonyl (C=O) groups is 1. The van der Waals surface area contributed by atoms with Gasteiger partial charge < -0.3 is 20.1 Å². The second-order valence-corrected chi connectivity index (χ2v) is 9.70. The first kappa shape index (κ1) is 25.3. The van der Waals surface area contributed by atoms with Gasteiger partial charge in [-0.15, -0.1) is 0 Å². The molecule has 1 aliphatic heterocycles. The first-order valence-electron chi connectivity index (χ1n) is 11.8. The zero-order chi connectivity index (χ0) is 25.2. The Morgan fingerprint density at radius 2 is 2.00 bits per heavy atom. The maximum Gasteiger partial charge on any atom is 0.416 e. The van der Waals surface area contributed by atoms with Crippen molar-refractivity contribution >= 4 is 12.0 Å². The van der Waals surface area contributed by atoms with Crippen LogP contribution in [-0.4, -0.2) is 55.3 Å². The maximum atomic E-state index is 13.0. The third-order valence-electron chi connectivity index (χ3n) is 7.45. The van der Waals surface area contributed by atoms with Crippen molar-refractivity contribution in [3.05, 3.63) is 71.3 Å². The third kappa shape index (κ3) is 5.54. The van der Waals surface area contributed by atoms with Crippen LogP contribution in [0.4, 0.5) is 13.2 Å². The maximum absolute atomic E-state index is 13.0. The number of ether oxygens (including phenoxy) is 1. The van der Waals surface area contributed by atoms with E-state index in [1.165, 1.54) is 24.3 Å². The molecule has 4 unspecified atom stereocenters. The van der Waals surface area contributed by atoms with Crippen LogP contribution >= 0.6 is 0 Å². The zero-order valence-electron chi connectivity index (χ0n) is 19.9. The topological polar surface area (TPSA) is 61.8 Å². The van der Waals surface area contributed by atoms with Crippen LogP contribution < -0.4 is 5.32 Å². The number of hydrogen-bond acceptors (Lipinski definition) is 4. The Bertz CT molecular complexity index is 1090. The lowest BCUT2D eigenvalue weighted by Gasteiger charge is -2.55. The zero-order valence-corrected chi connectivity index (χ0v) is 19.9. The van der Waals surface area contributed by atoms with Crippen LogP contribution in [0.2, 0.25) is 0 Å². The van der Waals surface area contributed by atoms with Crippen molar-refractivity contribution < 1.29 is 27.8 Å². The Morgan fingerprint density at radius 3 is 2.71 bits per heavy atom. The highest BCUT2D eigenvalue weighted by atomic mass is 19.4. The summed E-state index contributed by atoms with van der Waals surface area (Å²) in [4.78, 5) is 15.0. The summed E-state index contributed by atoms with van der Waals surface area (Å²) in [5.41, 5.74) is 0.320. The molecule has 0 aromatic heterocycles. The average molecular weight is 489 g/mol. The Morgan fingerprint density at radius 1 is 1.23 bits per heavy atom. The molecule has 1 aliphatic carbocycles. The highest BCUT2D eigenvalue weighted by molar-refractivity contribution is 5.92. The number of carbonyl (C=O) groups excluding carboxylic acids is 1. The summed E-state index contributed by atoms with van der Waals surface area (Å²) in [6, 6.07) is 12.0. The van der Waals surface area contributed by atoms with E-state index in [-0.39, 0.29) is 35.1 Å². The second-order valence-electron chi connectivity index (χ2n) is 9.70. The van der Waals surface area contributed by atoms with Crippen molar-refractivity contribution in [1.82, 2.24) is 10.2 Å². The number of aromatic hydroxyl groups is 1. The summed E-state index contributed by atoms with van der Waals surface area (Å²) in [6.45, 7) is 1.74. The number of hydrogen-bond donors (Lipinski definition) is 2. The van der Waals surface area contributed by atoms with Crippen molar-refractivity contribution in [3.8, 4) is 5.75 Å². The summed E-state index contributed by atoms with van der Waals surface area (Å²) in [7, 11) is 3.77. The highest BCUT2D eigenvalue weighted by Gasteiger charge is 2.52. The molecule has 35 heavy (non-hydrogen) atoms. The Balaban J connectivity index is 1.55. The number of piperidine rings is 1. The van der Waals surface area contributed by atoms with Gasteiger partial charge >= 0.3 is 6.18 Å². The molecule has 5 nitrogen and oxygen atoms in total. The number of rotatable bonds is 5. The van der Waals surface area contributed by atoms with Gasteiger partial charge in [-0.1, -0.05) is 24.3 Å².